The Labute approximate surface area is 125 Å². The average molecular weight is 299 g/mol. The number of nitrogens with two attached hydrogens (primary N) is 1. The van der Waals surface area contributed by atoms with E-state index >= 15 is 0 Å². The van der Waals surface area contributed by atoms with E-state index in [-0.39, 0.29) is 16.4 Å². The van der Waals surface area contributed by atoms with Crippen molar-refractivity contribution in [2.75, 3.05) is 14.2 Å². The summed E-state index contributed by atoms with van der Waals surface area (Å²) >= 11 is 0. The molecule has 3 aromatic rings. The molecule has 6 heteroatoms. The highest BCUT2D eigenvalue weighted by Gasteiger charge is 2.14. The van der Waals surface area contributed by atoms with E-state index in [4.69, 9.17) is 19.6 Å². The largest absolute Gasteiger partial charge is 0.493 e. The summed E-state index contributed by atoms with van der Waals surface area (Å²) in [6, 6.07) is 7.64. The number of rotatable bonds is 3. The van der Waals surface area contributed by atoms with Crippen LogP contribution in [0.2, 0.25) is 0 Å². The molecule has 0 fully saturated rings. The van der Waals surface area contributed by atoms with Crippen molar-refractivity contribution >= 4 is 27.8 Å². The van der Waals surface area contributed by atoms with Crippen LogP contribution in [0.1, 0.15) is 10.4 Å². The minimum Gasteiger partial charge on any atom is -0.493 e. The van der Waals surface area contributed by atoms with E-state index in [1.165, 1.54) is 26.4 Å². The zero-order chi connectivity index (χ0) is 15.9. The maximum atomic E-state index is 12.6. The van der Waals surface area contributed by atoms with E-state index in [9.17, 15) is 9.59 Å². The molecule has 2 N–H and O–H groups in total. The highest BCUT2D eigenvalue weighted by molar-refractivity contribution is 5.98. The number of primary amides is 1. The molecule has 0 spiro atoms. The lowest BCUT2D eigenvalue weighted by molar-refractivity contribution is 0.100. The lowest BCUT2D eigenvalue weighted by Crippen LogP contribution is -2.12. The van der Waals surface area contributed by atoms with Crippen molar-refractivity contribution in [2.24, 2.45) is 5.73 Å². The predicted octanol–water partition coefficient (Wildman–Crippen LogP) is 2.06. The van der Waals surface area contributed by atoms with Crippen LogP contribution in [-0.4, -0.2) is 20.1 Å². The second-order valence-corrected chi connectivity index (χ2v) is 4.71. The topological polar surface area (TPSA) is 91.8 Å². The molecule has 1 aromatic heterocycles. The van der Waals surface area contributed by atoms with Gasteiger partial charge in [-0.3, -0.25) is 9.59 Å². The Morgan fingerprint density at radius 3 is 2.27 bits per heavy atom. The van der Waals surface area contributed by atoms with Crippen molar-refractivity contribution in [1.82, 2.24) is 0 Å². The van der Waals surface area contributed by atoms with E-state index in [1.807, 2.05) is 0 Å². The van der Waals surface area contributed by atoms with Gasteiger partial charge in [0.2, 0.25) is 11.3 Å². The number of methoxy groups -OCH3 is 2. The molecule has 0 bridgehead atoms. The van der Waals surface area contributed by atoms with Gasteiger partial charge in [0.1, 0.15) is 11.2 Å². The lowest BCUT2D eigenvalue weighted by Gasteiger charge is -2.09. The average Bonchev–Trinajstić information content (AvgIpc) is 2.53. The van der Waals surface area contributed by atoms with Gasteiger partial charge in [-0.05, 0) is 24.3 Å². The molecular formula is C16H13NO5. The molecule has 2 aromatic carbocycles. The zero-order valence-corrected chi connectivity index (χ0v) is 12.0. The Bertz CT molecular complexity index is 958. The van der Waals surface area contributed by atoms with Crippen molar-refractivity contribution in [1.29, 1.82) is 0 Å². The minimum absolute atomic E-state index is 0.250. The van der Waals surface area contributed by atoms with E-state index in [0.717, 1.165) is 0 Å². The van der Waals surface area contributed by atoms with Crippen molar-refractivity contribution in [3.05, 3.63) is 46.1 Å². The molecule has 6 nitrogen and oxygen atoms in total. The third kappa shape index (κ3) is 2.05. The number of carbonyl (C=O) groups is 1. The van der Waals surface area contributed by atoms with Crippen LogP contribution in [0.5, 0.6) is 11.5 Å². The Morgan fingerprint density at radius 2 is 1.64 bits per heavy atom. The zero-order valence-electron chi connectivity index (χ0n) is 12.0. The van der Waals surface area contributed by atoms with Crippen LogP contribution < -0.4 is 20.6 Å². The second-order valence-electron chi connectivity index (χ2n) is 4.71. The van der Waals surface area contributed by atoms with Crippen LogP contribution in [0.3, 0.4) is 0 Å². The van der Waals surface area contributed by atoms with Crippen LogP contribution in [0.4, 0.5) is 0 Å². The molecule has 0 radical (unpaired) electrons. The van der Waals surface area contributed by atoms with Gasteiger partial charge in [0.25, 0.3) is 0 Å². The molecule has 0 aliphatic rings. The quantitative estimate of drug-likeness (QED) is 0.747. The Kier molecular flexibility index (Phi) is 3.21. The number of hydrogen-bond donors (Lipinski definition) is 1. The van der Waals surface area contributed by atoms with Gasteiger partial charge in [-0.1, -0.05) is 0 Å². The molecule has 112 valence electrons. The Morgan fingerprint density at radius 1 is 1.00 bits per heavy atom. The maximum absolute atomic E-state index is 12.6. The van der Waals surface area contributed by atoms with Gasteiger partial charge in [-0.15, -0.1) is 0 Å². The summed E-state index contributed by atoms with van der Waals surface area (Å²) in [7, 11) is 2.99. The number of fused-ring (bicyclic) bond motifs is 2. The van der Waals surface area contributed by atoms with Crippen LogP contribution in [-0.2, 0) is 0 Å². The summed E-state index contributed by atoms with van der Waals surface area (Å²) in [5.41, 5.74) is 5.98. The fraction of sp³-hybridized carbons (Fsp3) is 0.125. The summed E-state index contributed by atoms with van der Waals surface area (Å²) < 4.78 is 16.1. The summed E-state index contributed by atoms with van der Waals surface area (Å²) in [6.07, 6.45) is 0. The number of benzene rings is 2. The molecule has 0 saturated heterocycles. The third-order valence-electron chi connectivity index (χ3n) is 3.46. The first-order valence-corrected chi connectivity index (χ1v) is 6.47. The SMILES string of the molecule is COc1cc2oc3ccc(C(N)=O)cc3c(=O)c2cc1OC. The molecule has 0 atom stereocenters. The van der Waals surface area contributed by atoms with Crippen molar-refractivity contribution in [3.63, 3.8) is 0 Å². The van der Waals surface area contributed by atoms with Gasteiger partial charge in [-0.25, -0.2) is 0 Å². The maximum Gasteiger partial charge on any atom is 0.248 e. The van der Waals surface area contributed by atoms with E-state index < -0.39 is 5.91 Å². The molecule has 0 aliphatic carbocycles. The minimum atomic E-state index is -0.603. The number of hydrogen-bond acceptors (Lipinski definition) is 5. The Balaban J connectivity index is 2.41. The monoisotopic (exact) mass is 299 g/mol. The lowest BCUT2D eigenvalue weighted by atomic mass is 10.1. The molecule has 0 aliphatic heterocycles. The predicted molar refractivity (Wildman–Crippen MR) is 81.6 cm³/mol. The summed E-state index contributed by atoms with van der Waals surface area (Å²) in [6.45, 7) is 0. The van der Waals surface area contributed by atoms with E-state index in [2.05, 4.69) is 0 Å². The van der Waals surface area contributed by atoms with E-state index in [1.54, 1.807) is 18.2 Å². The molecule has 0 unspecified atom stereocenters. The van der Waals surface area contributed by atoms with Crippen molar-refractivity contribution in [2.45, 2.75) is 0 Å². The normalized spacial score (nSPS) is 10.8. The van der Waals surface area contributed by atoms with Gasteiger partial charge in [-0.2, -0.15) is 0 Å². The molecule has 22 heavy (non-hydrogen) atoms. The number of ether oxygens (including phenoxy) is 2. The van der Waals surface area contributed by atoms with Crippen molar-refractivity contribution in [3.8, 4) is 11.5 Å². The standard InChI is InChI=1S/C16H13NO5/c1-20-13-6-10-12(7-14(13)21-2)22-11-4-3-8(16(17)19)5-9(11)15(10)18/h3-7H,1-2H3,(H2,17,19). The molecule has 1 amide bonds. The molecule has 0 saturated carbocycles. The molecule has 3 rings (SSSR count). The van der Waals surface area contributed by atoms with Crippen LogP contribution >= 0.6 is 0 Å². The summed E-state index contributed by atoms with van der Waals surface area (Å²) in [5.74, 6) is 0.285. The summed E-state index contributed by atoms with van der Waals surface area (Å²) in [5, 5.41) is 0.628. The van der Waals surface area contributed by atoms with Gasteiger partial charge in [0.05, 0.1) is 25.0 Å². The highest BCUT2D eigenvalue weighted by Crippen LogP contribution is 2.32. The summed E-state index contributed by atoms with van der Waals surface area (Å²) in [4.78, 5) is 23.9. The van der Waals surface area contributed by atoms with Gasteiger partial charge in [0, 0.05) is 11.6 Å². The highest BCUT2D eigenvalue weighted by atomic mass is 16.5. The van der Waals surface area contributed by atoms with E-state index in [0.29, 0.717) is 28.1 Å². The number of carbonyl (C=O) groups excluding carboxylic acids is 1. The first kappa shape index (κ1) is 13.9. The fourth-order valence-electron chi connectivity index (χ4n) is 2.34. The second kappa shape index (κ2) is 5.07. The van der Waals surface area contributed by atoms with Gasteiger partial charge < -0.3 is 19.6 Å². The number of amides is 1. The van der Waals surface area contributed by atoms with Crippen LogP contribution in [0.25, 0.3) is 21.9 Å². The smallest absolute Gasteiger partial charge is 0.248 e. The van der Waals surface area contributed by atoms with Crippen LogP contribution in [0.15, 0.2) is 39.5 Å². The van der Waals surface area contributed by atoms with Crippen molar-refractivity contribution < 1.29 is 18.7 Å². The van der Waals surface area contributed by atoms with Crippen LogP contribution in [0, 0.1) is 0 Å². The molecular weight excluding hydrogens is 286 g/mol. The van der Waals surface area contributed by atoms with Gasteiger partial charge in [0.15, 0.2) is 11.5 Å². The molecule has 1 heterocycles. The first-order chi connectivity index (χ1) is 10.5. The van der Waals surface area contributed by atoms with Gasteiger partial charge >= 0.3 is 0 Å². The first-order valence-electron chi connectivity index (χ1n) is 6.47. The third-order valence-corrected chi connectivity index (χ3v) is 3.46. The Hall–Kier alpha value is -3.02. The fourth-order valence-corrected chi connectivity index (χ4v) is 2.34.